The van der Waals surface area contributed by atoms with Crippen LogP contribution in [-0.4, -0.2) is 39.0 Å². The molecule has 0 bridgehead atoms. The molecule has 0 unspecified atom stereocenters. The van der Waals surface area contributed by atoms with Crippen molar-refractivity contribution >= 4 is 5.91 Å². The van der Waals surface area contributed by atoms with Crippen molar-refractivity contribution in [1.29, 1.82) is 0 Å². The van der Waals surface area contributed by atoms with Crippen LogP contribution in [0.1, 0.15) is 25.2 Å². The van der Waals surface area contributed by atoms with Crippen LogP contribution in [-0.2, 0) is 4.79 Å². The minimum atomic E-state index is 0.153. The van der Waals surface area contributed by atoms with E-state index in [4.69, 9.17) is 4.52 Å². The third kappa shape index (κ3) is 2.21. The predicted octanol–water partition coefficient (Wildman–Crippen LogP) is 1.47. The maximum Gasteiger partial charge on any atom is 0.233 e. The van der Waals surface area contributed by atoms with Crippen molar-refractivity contribution < 1.29 is 9.32 Å². The van der Waals surface area contributed by atoms with E-state index in [1.165, 1.54) is 0 Å². The van der Waals surface area contributed by atoms with E-state index in [1.807, 2.05) is 25.1 Å². The van der Waals surface area contributed by atoms with Gasteiger partial charge in [0.1, 0.15) is 5.69 Å². The van der Waals surface area contributed by atoms with E-state index in [-0.39, 0.29) is 11.8 Å². The third-order valence-electron chi connectivity index (χ3n) is 3.22. The lowest BCUT2D eigenvalue weighted by Crippen LogP contribution is -2.48. The van der Waals surface area contributed by atoms with Gasteiger partial charge in [0, 0.05) is 25.7 Å². The van der Waals surface area contributed by atoms with Crippen LogP contribution in [0, 0.1) is 0 Å². The number of likely N-dealkylation sites (tertiary alicyclic amines) is 1. The highest BCUT2D eigenvalue weighted by atomic mass is 16.5. The molecule has 0 atom stereocenters. The molecule has 2 aromatic rings. The van der Waals surface area contributed by atoms with Crippen LogP contribution in [0.5, 0.6) is 0 Å². The summed E-state index contributed by atoms with van der Waals surface area (Å²) in [5, 5.41) is 3.93. The monoisotopic (exact) mass is 258 g/mol. The van der Waals surface area contributed by atoms with Crippen LogP contribution in [0.2, 0.25) is 0 Å². The fourth-order valence-electron chi connectivity index (χ4n) is 2.06. The summed E-state index contributed by atoms with van der Waals surface area (Å²) in [7, 11) is 0. The van der Waals surface area contributed by atoms with E-state index in [2.05, 4.69) is 15.1 Å². The Labute approximate surface area is 110 Å². The normalized spacial score (nSPS) is 15.3. The first-order valence-electron chi connectivity index (χ1n) is 6.30. The van der Waals surface area contributed by atoms with Gasteiger partial charge >= 0.3 is 0 Å². The summed E-state index contributed by atoms with van der Waals surface area (Å²) in [5.74, 6) is 1.40. The number of hydrogen-bond acceptors (Lipinski definition) is 5. The molecule has 6 heteroatoms. The van der Waals surface area contributed by atoms with E-state index >= 15 is 0 Å². The quantitative estimate of drug-likeness (QED) is 0.833. The number of nitrogens with zero attached hydrogens (tertiary/aromatic N) is 4. The van der Waals surface area contributed by atoms with Crippen molar-refractivity contribution in [2.45, 2.75) is 19.3 Å². The molecule has 0 aromatic carbocycles. The number of carbonyl (C=O) groups excluding carboxylic acids is 1. The summed E-state index contributed by atoms with van der Waals surface area (Å²) >= 11 is 0. The first-order valence-corrected chi connectivity index (χ1v) is 6.30. The molecule has 0 aliphatic carbocycles. The molecule has 3 heterocycles. The molecule has 0 radical (unpaired) electrons. The number of aromatic nitrogens is 3. The minimum Gasteiger partial charge on any atom is -0.341 e. The Morgan fingerprint density at radius 2 is 2.32 bits per heavy atom. The summed E-state index contributed by atoms with van der Waals surface area (Å²) in [6.07, 6.45) is 2.23. The molecule has 19 heavy (non-hydrogen) atoms. The van der Waals surface area contributed by atoms with Gasteiger partial charge < -0.3 is 9.42 Å². The molecule has 6 nitrogen and oxygen atoms in total. The average molecular weight is 258 g/mol. The van der Waals surface area contributed by atoms with Crippen molar-refractivity contribution in [2.75, 3.05) is 13.1 Å². The number of hydrogen-bond donors (Lipinski definition) is 0. The molecule has 1 aliphatic rings. The summed E-state index contributed by atoms with van der Waals surface area (Å²) in [6, 6.07) is 5.55. The number of pyridine rings is 1. The van der Waals surface area contributed by atoms with E-state index in [9.17, 15) is 4.79 Å². The zero-order valence-corrected chi connectivity index (χ0v) is 10.6. The van der Waals surface area contributed by atoms with E-state index < -0.39 is 0 Å². The lowest BCUT2D eigenvalue weighted by molar-refractivity contribution is -0.135. The Bertz CT molecular complexity index is 575. The molecule has 0 spiro atoms. The topological polar surface area (TPSA) is 72.1 Å². The molecule has 0 saturated carbocycles. The van der Waals surface area contributed by atoms with Crippen LogP contribution >= 0.6 is 0 Å². The fraction of sp³-hybridized carbons (Fsp3) is 0.385. The molecule has 2 aromatic heterocycles. The highest BCUT2D eigenvalue weighted by Crippen LogP contribution is 2.27. The van der Waals surface area contributed by atoms with Gasteiger partial charge in [-0.25, -0.2) is 0 Å². The second-order valence-electron chi connectivity index (χ2n) is 4.52. The molecule has 1 aliphatic heterocycles. The molecule has 3 rings (SSSR count). The maximum atomic E-state index is 11.4. The van der Waals surface area contributed by atoms with Crippen LogP contribution in [0.3, 0.4) is 0 Å². The Balaban J connectivity index is 1.69. The van der Waals surface area contributed by atoms with Gasteiger partial charge in [0.15, 0.2) is 0 Å². The van der Waals surface area contributed by atoms with Gasteiger partial charge in [0.05, 0.1) is 5.92 Å². The summed E-state index contributed by atoms with van der Waals surface area (Å²) in [6.45, 7) is 3.19. The van der Waals surface area contributed by atoms with Crippen LogP contribution in [0.4, 0.5) is 0 Å². The minimum absolute atomic E-state index is 0.153. The van der Waals surface area contributed by atoms with Gasteiger partial charge in [-0.3, -0.25) is 9.78 Å². The summed E-state index contributed by atoms with van der Waals surface area (Å²) in [5.41, 5.74) is 0.693. The predicted molar refractivity (Wildman–Crippen MR) is 67.1 cm³/mol. The number of carbonyl (C=O) groups is 1. The highest BCUT2D eigenvalue weighted by Gasteiger charge is 2.34. The van der Waals surface area contributed by atoms with Gasteiger partial charge in [-0.2, -0.15) is 4.98 Å². The first kappa shape index (κ1) is 11.8. The van der Waals surface area contributed by atoms with Gasteiger partial charge in [-0.05, 0) is 12.1 Å². The summed E-state index contributed by atoms with van der Waals surface area (Å²) in [4.78, 5) is 21.8. The lowest BCUT2D eigenvalue weighted by Gasteiger charge is -2.36. The lowest BCUT2D eigenvalue weighted by atomic mass is 10.00. The van der Waals surface area contributed by atoms with Gasteiger partial charge in [0.2, 0.25) is 17.6 Å². The molecular formula is C13H14N4O2. The molecule has 1 saturated heterocycles. The van der Waals surface area contributed by atoms with E-state index in [1.54, 1.807) is 11.1 Å². The van der Waals surface area contributed by atoms with Crippen molar-refractivity contribution in [2.24, 2.45) is 0 Å². The average Bonchev–Trinajstić information content (AvgIpc) is 2.87. The standard InChI is InChI=1S/C13H14N4O2/c1-2-11(18)17-7-9(8-17)13-15-12(16-19-13)10-5-3-4-6-14-10/h3-6,9H,2,7-8H2,1H3. The van der Waals surface area contributed by atoms with Crippen molar-refractivity contribution in [3.8, 4) is 11.5 Å². The zero-order valence-electron chi connectivity index (χ0n) is 10.6. The molecule has 1 fully saturated rings. The SMILES string of the molecule is CCC(=O)N1CC(c2nc(-c3ccccn3)no2)C1. The van der Waals surface area contributed by atoms with E-state index in [0.717, 1.165) is 0 Å². The largest absolute Gasteiger partial charge is 0.341 e. The highest BCUT2D eigenvalue weighted by molar-refractivity contribution is 5.76. The third-order valence-corrected chi connectivity index (χ3v) is 3.22. The van der Waals surface area contributed by atoms with Crippen molar-refractivity contribution in [3.63, 3.8) is 0 Å². The van der Waals surface area contributed by atoms with Crippen molar-refractivity contribution in [3.05, 3.63) is 30.3 Å². The number of rotatable bonds is 3. The molecule has 1 amide bonds. The van der Waals surface area contributed by atoms with Crippen LogP contribution in [0.15, 0.2) is 28.9 Å². The first-order chi connectivity index (χ1) is 9.28. The second-order valence-corrected chi connectivity index (χ2v) is 4.52. The van der Waals surface area contributed by atoms with Gasteiger partial charge in [0.25, 0.3) is 0 Å². The Morgan fingerprint density at radius 1 is 1.47 bits per heavy atom. The van der Waals surface area contributed by atoms with E-state index in [0.29, 0.717) is 36.9 Å². The smallest absolute Gasteiger partial charge is 0.233 e. The molecule has 0 N–H and O–H groups in total. The summed E-state index contributed by atoms with van der Waals surface area (Å²) < 4.78 is 5.25. The Kier molecular flexibility index (Phi) is 2.98. The zero-order chi connectivity index (χ0) is 13.2. The maximum absolute atomic E-state index is 11.4. The number of amides is 1. The molecular weight excluding hydrogens is 244 g/mol. The Hall–Kier alpha value is -2.24. The second kappa shape index (κ2) is 4.79. The van der Waals surface area contributed by atoms with Gasteiger partial charge in [-0.15, -0.1) is 0 Å². The van der Waals surface area contributed by atoms with Crippen LogP contribution < -0.4 is 0 Å². The fourth-order valence-corrected chi connectivity index (χ4v) is 2.06. The molecule has 98 valence electrons. The Morgan fingerprint density at radius 3 is 3.00 bits per heavy atom. The van der Waals surface area contributed by atoms with Crippen LogP contribution in [0.25, 0.3) is 11.5 Å². The van der Waals surface area contributed by atoms with Crippen molar-refractivity contribution in [1.82, 2.24) is 20.0 Å². The van der Waals surface area contributed by atoms with Gasteiger partial charge in [-0.1, -0.05) is 18.1 Å².